The largest absolute Gasteiger partial charge is 0.463 e. The van der Waals surface area contributed by atoms with Gasteiger partial charge in [-0.1, -0.05) is 6.07 Å². The second-order valence-electron chi connectivity index (χ2n) is 7.48. The average Bonchev–Trinajstić information content (AvgIpc) is 3.63. The predicted octanol–water partition coefficient (Wildman–Crippen LogP) is 4.40. The van der Waals surface area contributed by atoms with Crippen LogP contribution in [0, 0.1) is 0 Å². The van der Waals surface area contributed by atoms with Crippen LogP contribution in [0.2, 0.25) is 0 Å². The van der Waals surface area contributed by atoms with Crippen LogP contribution in [-0.2, 0) is 14.8 Å². The molecule has 4 aromatic rings. The molecule has 0 N–H and O–H groups in total. The highest BCUT2D eigenvalue weighted by molar-refractivity contribution is 7.89. The average molecular weight is 515 g/mol. The van der Waals surface area contributed by atoms with Gasteiger partial charge in [0, 0.05) is 18.5 Å². The van der Waals surface area contributed by atoms with Crippen LogP contribution in [0.5, 0.6) is 0 Å². The molecule has 0 aliphatic carbocycles. The van der Waals surface area contributed by atoms with Gasteiger partial charge < -0.3 is 9.15 Å². The second kappa shape index (κ2) is 9.80. The van der Waals surface area contributed by atoms with Crippen LogP contribution < -0.4 is 4.80 Å². The van der Waals surface area contributed by atoms with Gasteiger partial charge in [-0.3, -0.25) is 0 Å². The lowest BCUT2D eigenvalue weighted by Gasteiger charge is -2.26. The van der Waals surface area contributed by atoms with Crippen molar-refractivity contribution in [2.45, 2.75) is 11.8 Å². The SMILES string of the molecule is CC(=Nn1c(-c2cccs2)csc1=Nc1ccc(S(=O)(=O)N2CCOCC2)cc1)c1ccco1. The molecular weight excluding hydrogens is 492 g/mol. The Labute approximate surface area is 205 Å². The third kappa shape index (κ3) is 4.70. The molecule has 5 rings (SSSR count). The lowest BCUT2D eigenvalue weighted by Crippen LogP contribution is -2.40. The molecule has 4 heterocycles. The first kappa shape index (κ1) is 22.9. The maximum Gasteiger partial charge on any atom is 0.243 e. The van der Waals surface area contributed by atoms with Crippen LogP contribution in [0.3, 0.4) is 0 Å². The van der Waals surface area contributed by atoms with E-state index in [1.54, 1.807) is 46.5 Å². The van der Waals surface area contributed by atoms with Gasteiger partial charge in [0.15, 0.2) is 0 Å². The van der Waals surface area contributed by atoms with E-state index in [0.717, 1.165) is 16.3 Å². The van der Waals surface area contributed by atoms with E-state index in [-0.39, 0.29) is 4.90 Å². The Morgan fingerprint density at radius 3 is 2.50 bits per heavy atom. The molecule has 8 nitrogen and oxygen atoms in total. The number of rotatable bonds is 6. The summed E-state index contributed by atoms with van der Waals surface area (Å²) < 4.78 is 39.8. The van der Waals surface area contributed by atoms with Gasteiger partial charge in [0.2, 0.25) is 14.8 Å². The summed E-state index contributed by atoms with van der Waals surface area (Å²) in [6, 6.07) is 14.3. The molecule has 11 heteroatoms. The Morgan fingerprint density at radius 2 is 1.82 bits per heavy atom. The van der Waals surface area contributed by atoms with Crippen molar-refractivity contribution in [1.82, 2.24) is 8.98 Å². The number of nitrogens with zero attached hydrogens (tertiary/aromatic N) is 4. The normalized spacial score (nSPS) is 16.3. The number of thiazole rings is 1. The molecular formula is C23H22N4O4S3. The second-order valence-corrected chi connectivity index (χ2v) is 11.2. The maximum atomic E-state index is 12.9. The highest BCUT2D eigenvalue weighted by atomic mass is 32.2. The van der Waals surface area contributed by atoms with Crippen molar-refractivity contribution in [1.29, 1.82) is 0 Å². The van der Waals surface area contributed by atoms with Crippen molar-refractivity contribution in [2.75, 3.05) is 26.3 Å². The zero-order valence-corrected chi connectivity index (χ0v) is 20.8. The van der Waals surface area contributed by atoms with E-state index in [4.69, 9.17) is 19.2 Å². The van der Waals surface area contributed by atoms with Crippen LogP contribution in [0.25, 0.3) is 10.6 Å². The Hall–Kier alpha value is -2.83. The Kier molecular flexibility index (Phi) is 6.61. The quantitative estimate of drug-likeness (QED) is 0.357. The summed E-state index contributed by atoms with van der Waals surface area (Å²) in [4.78, 5) is 6.75. The van der Waals surface area contributed by atoms with Gasteiger partial charge in [0.25, 0.3) is 0 Å². The molecule has 3 aromatic heterocycles. The van der Waals surface area contributed by atoms with Gasteiger partial charge in [-0.2, -0.15) is 9.41 Å². The van der Waals surface area contributed by atoms with Crippen molar-refractivity contribution >= 4 is 44.1 Å². The van der Waals surface area contributed by atoms with E-state index in [2.05, 4.69) is 0 Å². The minimum absolute atomic E-state index is 0.248. The van der Waals surface area contributed by atoms with Crippen LogP contribution in [0.4, 0.5) is 5.69 Å². The van der Waals surface area contributed by atoms with E-state index in [0.29, 0.717) is 42.6 Å². The van der Waals surface area contributed by atoms with Crippen LogP contribution in [0.15, 0.2) is 85.0 Å². The number of morpholine rings is 1. The molecule has 0 amide bonds. The summed E-state index contributed by atoms with van der Waals surface area (Å²) in [7, 11) is -3.55. The lowest BCUT2D eigenvalue weighted by atomic mass is 10.3. The van der Waals surface area contributed by atoms with Gasteiger partial charge in [0.1, 0.15) is 11.5 Å². The molecule has 1 aromatic carbocycles. The van der Waals surface area contributed by atoms with E-state index >= 15 is 0 Å². The highest BCUT2D eigenvalue weighted by Gasteiger charge is 2.26. The third-order valence-electron chi connectivity index (χ3n) is 5.26. The lowest BCUT2D eigenvalue weighted by molar-refractivity contribution is 0.0730. The molecule has 0 saturated carbocycles. The zero-order valence-electron chi connectivity index (χ0n) is 18.3. The number of hydrogen-bond acceptors (Lipinski definition) is 8. The van der Waals surface area contributed by atoms with Gasteiger partial charge in [0.05, 0.1) is 40.6 Å². The zero-order chi connectivity index (χ0) is 23.5. The molecule has 0 bridgehead atoms. The van der Waals surface area contributed by atoms with Gasteiger partial charge in [-0.15, -0.1) is 22.7 Å². The highest BCUT2D eigenvalue weighted by Crippen LogP contribution is 2.26. The fraction of sp³-hybridized carbons (Fsp3) is 0.217. The smallest absolute Gasteiger partial charge is 0.243 e. The van der Waals surface area contributed by atoms with Crippen molar-refractivity contribution in [3.63, 3.8) is 0 Å². The number of thiophene rings is 1. The third-order valence-corrected chi connectivity index (χ3v) is 8.88. The van der Waals surface area contributed by atoms with E-state index in [1.807, 2.05) is 41.9 Å². The number of hydrogen-bond donors (Lipinski definition) is 0. The Balaban J connectivity index is 1.52. The van der Waals surface area contributed by atoms with Gasteiger partial charge in [-0.25, -0.2) is 18.1 Å². The van der Waals surface area contributed by atoms with E-state index in [9.17, 15) is 8.42 Å². The standard InChI is InChI=1S/C23H22N4O4S3/c1-17(21-4-2-12-31-21)25-27-20(22-5-3-15-32-22)16-33-23(27)24-18-6-8-19(9-7-18)34(28,29)26-10-13-30-14-11-26/h2-9,12,15-16H,10-11,13-14H2,1H3. The maximum absolute atomic E-state index is 12.9. The first-order valence-corrected chi connectivity index (χ1v) is 13.8. The first-order chi connectivity index (χ1) is 16.5. The van der Waals surface area contributed by atoms with E-state index < -0.39 is 10.0 Å². The molecule has 0 spiro atoms. The van der Waals surface area contributed by atoms with E-state index in [1.165, 1.54) is 15.6 Å². The summed E-state index contributed by atoms with van der Waals surface area (Å²) in [6.45, 7) is 3.44. The summed E-state index contributed by atoms with van der Waals surface area (Å²) in [5.41, 5.74) is 2.28. The summed E-state index contributed by atoms with van der Waals surface area (Å²) in [5, 5.41) is 8.81. The molecule has 1 aliphatic rings. The van der Waals surface area contributed by atoms with Crippen molar-refractivity contribution in [3.8, 4) is 10.6 Å². The van der Waals surface area contributed by atoms with Crippen molar-refractivity contribution in [3.05, 3.63) is 76.1 Å². The summed E-state index contributed by atoms with van der Waals surface area (Å²) in [5.74, 6) is 0.680. The number of benzene rings is 1. The summed E-state index contributed by atoms with van der Waals surface area (Å²) in [6.07, 6.45) is 1.62. The Bertz CT molecular complexity index is 1440. The number of sulfonamides is 1. The molecule has 176 valence electrons. The predicted molar refractivity (Wildman–Crippen MR) is 133 cm³/mol. The first-order valence-electron chi connectivity index (χ1n) is 10.6. The van der Waals surface area contributed by atoms with Crippen LogP contribution in [-0.4, -0.2) is 49.4 Å². The molecule has 1 aliphatic heterocycles. The fourth-order valence-corrected chi connectivity index (χ4v) is 6.54. The minimum Gasteiger partial charge on any atom is -0.463 e. The number of ether oxygens (including phenoxy) is 1. The van der Waals surface area contributed by atoms with Crippen LogP contribution >= 0.6 is 22.7 Å². The van der Waals surface area contributed by atoms with Gasteiger partial charge >= 0.3 is 0 Å². The Morgan fingerprint density at radius 1 is 1.03 bits per heavy atom. The molecule has 34 heavy (non-hydrogen) atoms. The van der Waals surface area contributed by atoms with Crippen molar-refractivity contribution < 1.29 is 17.6 Å². The molecule has 1 saturated heterocycles. The minimum atomic E-state index is -3.55. The number of aromatic nitrogens is 1. The molecule has 1 fully saturated rings. The van der Waals surface area contributed by atoms with Crippen LogP contribution in [0.1, 0.15) is 12.7 Å². The summed E-state index contributed by atoms with van der Waals surface area (Å²) >= 11 is 3.09. The van der Waals surface area contributed by atoms with Gasteiger partial charge in [-0.05, 0) is 54.8 Å². The van der Waals surface area contributed by atoms with Crippen molar-refractivity contribution in [2.24, 2.45) is 10.1 Å². The molecule has 0 atom stereocenters. The monoisotopic (exact) mass is 514 g/mol. The molecule has 0 radical (unpaired) electrons. The fourth-order valence-electron chi connectivity index (χ4n) is 3.49. The topological polar surface area (TPSA) is 89.4 Å². The molecule has 0 unspecified atom stereocenters. The number of furan rings is 1.